The van der Waals surface area contributed by atoms with Crippen molar-refractivity contribution in [1.29, 1.82) is 0 Å². The van der Waals surface area contributed by atoms with E-state index in [1.807, 2.05) is 6.07 Å². The van der Waals surface area contributed by atoms with E-state index in [0.29, 0.717) is 11.7 Å². The second-order valence-corrected chi connectivity index (χ2v) is 6.12. The zero-order valence-electron chi connectivity index (χ0n) is 12.4. The summed E-state index contributed by atoms with van der Waals surface area (Å²) in [5.74, 6) is 0. The minimum Gasteiger partial charge on any atom is -0.393 e. The van der Waals surface area contributed by atoms with Crippen LogP contribution in [0.1, 0.15) is 26.2 Å². The Kier molecular flexibility index (Phi) is 3.71. The number of nitro benzene ring substituents is 1. The van der Waals surface area contributed by atoms with Gasteiger partial charge in [-0.1, -0.05) is 12.5 Å². The van der Waals surface area contributed by atoms with Crippen molar-refractivity contribution >= 4 is 17.1 Å². The number of para-hydroxylation sites is 1. The van der Waals surface area contributed by atoms with Crippen molar-refractivity contribution in [2.45, 2.75) is 38.3 Å². The summed E-state index contributed by atoms with van der Waals surface area (Å²) in [7, 11) is 0. The predicted molar refractivity (Wildman–Crippen MR) is 83.5 cm³/mol. The fourth-order valence-corrected chi connectivity index (χ4v) is 3.67. The fourth-order valence-electron chi connectivity index (χ4n) is 3.67. The van der Waals surface area contributed by atoms with E-state index in [1.165, 1.54) is 19.3 Å². The molecule has 0 bridgehead atoms. The highest BCUT2D eigenvalue weighted by atomic mass is 16.6. The third-order valence-electron chi connectivity index (χ3n) is 4.73. The van der Waals surface area contributed by atoms with E-state index < -0.39 is 0 Å². The molecule has 1 aromatic carbocycles. The van der Waals surface area contributed by atoms with Crippen molar-refractivity contribution in [2.24, 2.45) is 0 Å². The Morgan fingerprint density at radius 3 is 2.90 bits per heavy atom. The molecule has 21 heavy (non-hydrogen) atoms. The first-order chi connectivity index (χ1) is 10.1. The van der Waals surface area contributed by atoms with Crippen molar-refractivity contribution in [3.63, 3.8) is 0 Å². The van der Waals surface area contributed by atoms with Gasteiger partial charge in [-0.3, -0.25) is 15.0 Å². The molecule has 0 aromatic heterocycles. The first-order valence-corrected chi connectivity index (χ1v) is 7.61. The number of piperazine rings is 1. The zero-order valence-corrected chi connectivity index (χ0v) is 12.4. The average molecular weight is 290 g/mol. The summed E-state index contributed by atoms with van der Waals surface area (Å²) in [4.78, 5) is 15.7. The molecule has 2 aliphatic rings. The van der Waals surface area contributed by atoms with Crippen LogP contribution in [0.15, 0.2) is 18.2 Å². The van der Waals surface area contributed by atoms with Crippen LogP contribution >= 0.6 is 0 Å². The van der Waals surface area contributed by atoms with Crippen molar-refractivity contribution in [2.75, 3.05) is 30.3 Å². The number of fused-ring (bicyclic) bond motifs is 1. The molecule has 2 fully saturated rings. The number of nitrogen functional groups attached to an aromatic ring is 1. The van der Waals surface area contributed by atoms with Gasteiger partial charge in [-0.25, -0.2) is 0 Å². The lowest BCUT2D eigenvalue weighted by Crippen LogP contribution is -2.59. The molecule has 1 aromatic rings. The first kappa shape index (κ1) is 14.1. The third kappa shape index (κ3) is 2.55. The van der Waals surface area contributed by atoms with Crippen LogP contribution in [0.4, 0.5) is 17.1 Å². The molecule has 0 aliphatic carbocycles. The van der Waals surface area contributed by atoms with E-state index >= 15 is 0 Å². The quantitative estimate of drug-likeness (QED) is 0.513. The zero-order chi connectivity index (χ0) is 15.0. The van der Waals surface area contributed by atoms with E-state index in [1.54, 1.807) is 12.1 Å². The van der Waals surface area contributed by atoms with Gasteiger partial charge in [-0.15, -0.1) is 0 Å². The molecule has 3 rings (SSSR count). The summed E-state index contributed by atoms with van der Waals surface area (Å²) in [6, 6.07) is 6.00. The minimum atomic E-state index is -0.357. The molecule has 2 saturated heterocycles. The number of anilines is 2. The maximum Gasteiger partial charge on any atom is 0.315 e. The van der Waals surface area contributed by atoms with Crippen molar-refractivity contribution in [3.05, 3.63) is 28.3 Å². The second kappa shape index (κ2) is 5.52. The lowest BCUT2D eigenvalue weighted by molar-refractivity contribution is -0.383. The largest absolute Gasteiger partial charge is 0.393 e. The van der Waals surface area contributed by atoms with E-state index in [9.17, 15) is 10.1 Å². The van der Waals surface area contributed by atoms with E-state index in [-0.39, 0.29) is 22.3 Å². The molecule has 0 spiro atoms. The van der Waals surface area contributed by atoms with Gasteiger partial charge in [0.2, 0.25) is 0 Å². The topological polar surface area (TPSA) is 75.6 Å². The Morgan fingerprint density at radius 2 is 2.14 bits per heavy atom. The fraction of sp³-hybridized carbons (Fsp3) is 0.600. The molecule has 2 atom stereocenters. The molecule has 2 heterocycles. The van der Waals surface area contributed by atoms with Gasteiger partial charge in [0.15, 0.2) is 0 Å². The van der Waals surface area contributed by atoms with Gasteiger partial charge in [0, 0.05) is 25.2 Å². The van der Waals surface area contributed by atoms with Gasteiger partial charge >= 0.3 is 5.69 Å². The van der Waals surface area contributed by atoms with Crippen LogP contribution in [-0.4, -0.2) is 41.5 Å². The van der Waals surface area contributed by atoms with Crippen molar-refractivity contribution in [3.8, 4) is 0 Å². The molecule has 6 nitrogen and oxygen atoms in total. The molecule has 0 saturated carbocycles. The van der Waals surface area contributed by atoms with Gasteiger partial charge in [-0.2, -0.15) is 0 Å². The minimum absolute atomic E-state index is 0.0496. The van der Waals surface area contributed by atoms with Gasteiger partial charge in [0.1, 0.15) is 11.4 Å². The summed E-state index contributed by atoms with van der Waals surface area (Å²) in [6.45, 7) is 5.11. The molecule has 6 heteroatoms. The molecule has 114 valence electrons. The van der Waals surface area contributed by atoms with Crippen LogP contribution < -0.4 is 10.6 Å². The summed E-state index contributed by atoms with van der Waals surface area (Å²) < 4.78 is 0. The SMILES string of the molecule is CC1CN2CCCCC2CN1c1cccc(N)c1[N+](=O)[O-]. The lowest BCUT2D eigenvalue weighted by Gasteiger charge is -2.48. The maximum absolute atomic E-state index is 11.4. The summed E-state index contributed by atoms with van der Waals surface area (Å²) in [6.07, 6.45) is 3.70. The van der Waals surface area contributed by atoms with E-state index in [0.717, 1.165) is 19.6 Å². The highest BCUT2D eigenvalue weighted by molar-refractivity contribution is 5.75. The Balaban J connectivity index is 1.93. The number of hydrogen-bond acceptors (Lipinski definition) is 5. The van der Waals surface area contributed by atoms with Gasteiger partial charge in [0.05, 0.1) is 4.92 Å². The lowest BCUT2D eigenvalue weighted by atomic mass is 9.96. The van der Waals surface area contributed by atoms with Gasteiger partial charge in [0.25, 0.3) is 0 Å². The van der Waals surface area contributed by atoms with Crippen LogP contribution in [0.5, 0.6) is 0 Å². The number of nitrogens with zero attached hydrogens (tertiary/aromatic N) is 3. The molecule has 2 aliphatic heterocycles. The number of rotatable bonds is 2. The van der Waals surface area contributed by atoms with Crippen LogP contribution in [0.3, 0.4) is 0 Å². The molecule has 2 N–H and O–H groups in total. The van der Waals surface area contributed by atoms with Crippen LogP contribution in [0.2, 0.25) is 0 Å². The Bertz CT molecular complexity index is 548. The smallest absolute Gasteiger partial charge is 0.315 e. The molecule has 0 radical (unpaired) electrons. The van der Waals surface area contributed by atoms with Gasteiger partial charge in [-0.05, 0) is 38.4 Å². The number of piperidine rings is 1. The summed E-state index contributed by atoms with van der Waals surface area (Å²) in [5.41, 5.74) is 6.79. The Morgan fingerprint density at radius 1 is 1.33 bits per heavy atom. The van der Waals surface area contributed by atoms with Crippen LogP contribution in [0, 0.1) is 10.1 Å². The van der Waals surface area contributed by atoms with Crippen LogP contribution in [0.25, 0.3) is 0 Å². The number of hydrogen-bond donors (Lipinski definition) is 1. The normalized spacial score (nSPS) is 26.4. The van der Waals surface area contributed by atoms with E-state index in [2.05, 4.69) is 16.7 Å². The molecule has 2 unspecified atom stereocenters. The average Bonchev–Trinajstić information content (AvgIpc) is 2.45. The molecule has 0 amide bonds. The predicted octanol–water partition coefficient (Wildman–Crippen LogP) is 2.24. The third-order valence-corrected chi connectivity index (χ3v) is 4.73. The highest BCUT2D eigenvalue weighted by Crippen LogP contribution is 2.37. The summed E-state index contributed by atoms with van der Waals surface area (Å²) in [5, 5.41) is 11.4. The monoisotopic (exact) mass is 290 g/mol. The van der Waals surface area contributed by atoms with Crippen molar-refractivity contribution < 1.29 is 4.92 Å². The maximum atomic E-state index is 11.4. The standard InChI is InChI=1S/C15H22N4O2/c1-11-9-17-8-3-2-5-12(17)10-18(11)14-7-4-6-13(16)15(14)19(20)21/h4,6-7,11-12H,2-3,5,8-10,16H2,1H3. The number of nitro groups is 1. The molecular formula is C15H22N4O2. The first-order valence-electron chi connectivity index (χ1n) is 7.61. The number of nitrogens with two attached hydrogens (primary N) is 1. The van der Waals surface area contributed by atoms with E-state index in [4.69, 9.17) is 5.73 Å². The molecular weight excluding hydrogens is 268 g/mol. The second-order valence-electron chi connectivity index (χ2n) is 6.12. The highest BCUT2D eigenvalue weighted by Gasteiger charge is 2.35. The Labute approximate surface area is 124 Å². The summed E-state index contributed by atoms with van der Waals surface area (Å²) >= 11 is 0. The Hall–Kier alpha value is -1.82. The number of benzene rings is 1. The van der Waals surface area contributed by atoms with Crippen LogP contribution in [-0.2, 0) is 0 Å². The van der Waals surface area contributed by atoms with Crippen molar-refractivity contribution in [1.82, 2.24) is 4.90 Å². The van der Waals surface area contributed by atoms with Gasteiger partial charge < -0.3 is 10.6 Å².